The molecule has 0 saturated heterocycles. The SMILES string of the molecule is Cl.NCCc1nc(N)cc(C2CC2)n1. The van der Waals surface area contributed by atoms with Crippen molar-refractivity contribution in [2.45, 2.75) is 25.2 Å². The molecule has 4 N–H and O–H groups in total. The Morgan fingerprint density at radius 3 is 2.64 bits per heavy atom. The predicted molar refractivity (Wildman–Crippen MR) is 58.4 cm³/mol. The van der Waals surface area contributed by atoms with Crippen molar-refractivity contribution in [3.8, 4) is 0 Å². The van der Waals surface area contributed by atoms with Crippen LogP contribution in [0.25, 0.3) is 0 Å². The average molecular weight is 215 g/mol. The highest BCUT2D eigenvalue weighted by Gasteiger charge is 2.25. The second kappa shape index (κ2) is 4.57. The largest absolute Gasteiger partial charge is 0.384 e. The van der Waals surface area contributed by atoms with Crippen molar-refractivity contribution in [3.63, 3.8) is 0 Å². The fourth-order valence-electron chi connectivity index (χ4n) is 1.37. The number of rotatable bonds is 3. The third-order valence-electron chi connectivity index (χ3n) is 2.18. The lowest BCUT2D eigenvalue weighted by Crippen LogP contribution is -2.09. The van der Waals surface area contributed by atoms with Gasteiger partial charge in [-0.25, -0.2) is 9.97 Å². The summed E-state index contributed by atoms with van der Waals surface area (Å²) in [6.07, 6.45) is 3.18. The Hall–Kier alpha value is -0.870. The highest BCUT2D eigenvalue weighted by Crippen LogP contribution is 2.39. The minimum atomic E-state index is 0. The Balaban J connectivity index is 0.000000980. The van der Waals surface area contributed by atoms with Gasteiger partial charge >= 0.3 is 0 Å². The van der Waals surface area contributed by atoms with Crippen LogP contribution in [0.4, 0.5) is 5.82 Å². The standard InChI is InChI=1S/C9H14N4.ClH/c10-4-3-9-12-7(6-1-2-6)5-8(11)13-9;/h5-6H,1-4,10H2,(H2,11,12,13);1H. The molecule has 0 spiro atoms. The Kier molecular flexibility index (Phi) is 3.66. The van der Waals surface area contributed by atoms with Crippen LogP contribution in [0, 0.1) is 0 Å². The molecular weight excluding hydrogens is 200 g/mol. The molecule has 0 aliphatic heterocycles. The van der Waals surface area contributed by atoms with E-state index in [1.165, 1.54) is 12.8 Å². The molecule has 78 valence electrons. The van der Waals surface area contributed by atoms with E-state index >= 15 is 0 Å². The van der Waals surface area contributed by atoms with Gasteiger partial charge in [-0.2, -0.15) is 0 Å². The van der Waals surface area contributed by atoms with Gasteiger partial charge in [0.1, 0.15) is 11.6 Å². The summed E-state index contributed by atoms with van der Waals surface area (Å²) in [4.78, 5) is 8.53. The molecule has 1 aromatic heterocycles. The molecule has 4 nitrogen and oxygen atoms in total. The van der Waals surface area contributed by atoms with Gasteiger partial charge < -0.3 is 11.5 Å². The summed E-state index contributed by atoms with van der Waals surface area (Å²) in [6, 6.07) is 1.87. The Bertz CT molecular complexity index is 312. The van der Waals surface area contributed by atoms with E-state index in [0.717, 1.165) is 11.5 Å². The minimum Gasteiger partial charge on any atom is -0.384 e. The van der Waals surface area contributed by atoms with Gasteiger partial charge in [0, 0.05) is 24.1 Å². The van der Waals surface area contributed by atoms with Crippen LogP contribution in [0.15, 0.2) is 6.07 Å². The molecule has 1 aliphatic carbocycles. The summed E-state index contributed by atoms with van der Waals surface area (Å²) in [5.41, 5.74) is 12.2. The summed E-state index contributed by atoms with van der Waals surface area (Å²) >= 11 is 0. The van der Waals surface area contributed by atoms with E-state index in [2.05, 4.69) is 9.97 Å². The predicted octanol–water partition coefficient (Wildman–Crippen LogP) is 0.859. The number of hydrogen-bond donors (Lipinski definition) is 2. The zero-order valence-electron chi connectivity index (χ0n) is 7.94. The molecule has 0 aromatic carbocycles. The number of anilines is 1. The molecule has 0 unspecified atom stereocenters. The van der Waals surface area contributed by atoms with Crippen LogP contribution >= 0.6 is 12.4 Å². The van der Waals surface area contributed by atoms with Crippen molar-refractivity contribution in [2.24, 2.45) is 5.73 Å². The van der Waals surface area contributed by atoms with Gasteiger partial charge in [-0.1, -0.05) is 0 Å². The van der Waals surface area contributed by atoms with Crippen molar-refractivity contribution in [1.82, 2.24) is 9.97 Å². The van der Waals surface area contributed by atoms with Gasteiger partial charge in [0.2, 0.25) is 0 Å². The van der Waals surface area contributed by atoms with Gasteiger partial charge in [-0.05, 0) is 19.4 Å². The van der Waals surface area contributed by atoms with Crippen molar-refractivity contribution >= 4 is 18.2 Å². The Morgan fingerprint density at radius 2 is 2.07 bits per heavy atom. The van der Waals surface area contributed by atoms with Crippen molar-refractivity contribution in [1.29, 1.82) is 0 Å². The van der Waals surface area contributed by atoms with E-state index in [4.69, 9.17) is 11.5 Å². The maximum Gasteiger partial charge on any atom is 0.132 e. The maximum atomic E-state index is 5.66. The number of hydrogen-bond acceptors (Lipinski definition) is 4. The van der Waals surface area contributed by atoms with Crippen LogP contribution in [-0.4, -0.2) is 16.5 Å². The molecule has 0 atom stereocenters. The molecule has 1 saturated carbocycles. The molecule has 1 aromatic rings. The van der Waals surface area contributed by atoms with Crippen molar-refractivity contribution < 1.29 is 0 Å². The normalized spacial score (nSPS) is 14.9. The highest BCUT2D eigenvalue weighted by atomic mass is 35.5. The molecule has 1 aliphatic rings. The van der Waals surface area contributed by atoms with Gasteiger partial charge in [0.05, 0.1) is 0 Å². The van der Waals surface area contributed by atoms with Crippen molar-refractivity contribution in [3.05, 3.63) is 17.6 Å². The second-order valence-corrected chi connectivity index (χ2v) is 3.45. The summed E-state index contributed by atoms with van der Waals surface area (Å²) in [5.74, 6) is 1.98. The summed E-state index contributed by atoms with van der Waals surface area (Å²) in [5, 5.41) is 0. The third-order valence-corrected chi connectivity index (χ3v) is 2.18. The zero-order valence-corrected chi connectivity index (χ0v) is 8.76. The van der Waals surface area contributed by atoms with E-state index < -0.39 is 0 Å². The lowest BCUT2D eigenvalue weighted by Gasteiger charge is -2.03. The first-order chi connectivity index (χ1) is 6.29. The first-order valence-electron chi connectivity index (χ1n) is 4.63. The van der Waals surface area contributed by atoms with Crippen LogP contribution < -0.4 is 11.5 Å². The van der Waals surface area contributed by atoms with Crippen molar-refractivity contribution in [2.75, 3.05) is 12.3 Å². The molecule has 2 rings (SSSR count). The lowest BCUT2D eigenvalue weighted by molar-refractivity contribution is 0.841. The van der Waals surface area contributed by atoms with E-state index in [1.54, 1.807) is 0 Å². The van der Waals surface area contributed by atoms with Crippen LogP contribution in [-0.2, 0) is 6.42 Å². The van der Waals surface area contributed by atoms with Gasteiger partial charge in [0.25, 0.3) is 0 Å². The third kappa shape index (κ3) is 2.56. The Labute approximate surface area is 89.5 Å². The maximum absolute atomic E-state index is 5.66. The molecule has 0 bridgehead atoms. The summed E-state index contributed by atoms with van der Waals surface area (Å²) in [7, 11) is 0. The van der Waals surface area contributed by atoms with Crippen LogP contribution in [0.1, 0.15) is 30.3 Å². The van der Waals surface area contributed by atoms with Gasteiger partial charge in [-0.3, -0.25) is 0 Å². The van der Waals surface area contributed by atoms with Crippen LogP contribution in [0.2, 0.25) is 0 Å². The van der Waals surface area contributed by atoms with Crippen LogP contribution in [0.5, 0.6) is 0 Å². The summed E-state index contributed by atoms with van der Waals surface area (Å²) in [6.45, 7) is 0.577. The molecule has 0 amide bonds. The van der Waals surface area contributed by atoms with E-state index in [1.807, 2.05) is 6.07 Å². The number of aromatic nitrogens is 2. The molecule has 1 fully saturated rings. The topological polar surface area (TPSA) is 77.8 Å². The minimum absolute atomic E-state index is 0. The monoisotopic (exact) mass is 214 g/mol. The van der Waals surface area contributed by atoms with Gasteiger partial charge in [0.15, 0.2) is 0 Å². The second-order valence-electron chi connectivity index (χ2n) is 3.45. The van der Waals surface area contributed by atoms with E-state index in [-0.39, 0.29) is 12.4 Å². The molecular formula is C9H15ClN4. The molecule has 1 heterocycles. The smallest absolute Gasteiger partial charge is 0.132 e. The highest BCUT2D eigenvalue weighted by molar-refractivity contribution is 5.85. The fraction of sp³-hybridized carbons (Fsp3) is 0.556. The van der Waals surface area contributed by atoms with Crippen LogP contribution in [0.3, 0.4) is 0 Å². The molecule has 14 heavy (non-hydrogen) atoms. The molecule has 5 heteroatoms. The van der Waals surface area contributed by atoms with E-state index in [0.29, 0.717) is 24.7 Å². The molecule has 0 radical (unpaired) electrons. The first kappa shape index (κ1) is 11.2. The Morgan fingerprint density at radius 1 is 1.36 bits per heavy atom. The number of halogens is 1. The number of nitrogens with zero attached hydrogens (tertiary/aromatic N) is 2. The zero-order chi connectivity index (χ0) is 9.26. The number of nitrogen functional groups attached to an aromatic ring is 1. The first-order valence-corrected chi connectivity index (χ1v) is 4.63. The summed E-state index contributed by atoms with van der Waals surface area (Å²) < 4.78 is 0. The average Bonchev–Trinajstić information content (AvgIpc) is 2.85. The quantitative estimate of drug-likeness (QED) is 0.783. The van der Waals surface area contributed by atoms with Gasteiger partial charge in [-0.15, -0.1) is 12.4 Å². The lowest BCUT2D eigenvalue weighted by atomic mass is 10.2. The van der Waals surface area contributed by atoms with E-state index in [9.17, 15) is 0 Å². The fourth-order valence-corrected chi connectivity index (χ4v) is 1.37. The number of nitrogens with two attached hydrogens (primary N) is 2.